The molecule has 1 saturated carbocycles. The molecule has 0 N–H and O–H groups in total. The van der Waals surface area contributed by atoms with Crippen molar-refractivity contribution in [3.8, 4) is 0 Å². The number of nitrogens with zero attached hydrogens (tertiary/aromatic N) is 4. The van der Waals surface area contributed by atoms with Gasteiger partial charge in [0.05, 0.1) is 0 Å². The Bertz CT molecular complexity index is 573. The van der Waals surface area contributed by atoms with E-state index in [0.29, 0.717) is 5.41 Å². The van der Waals surface area contributed by atoms with Crippen molar-refractivity contribution in [2.24, 2.45) is 11.3 Å². The van der Waals surface area contributed by atoms with Gasteiger partial charge in [0.1, 0.15) is 0 Å². The molecule has 26 heavy (non-hydrogen) atoms. The van der Waals surface area contributed by atoms with Gasteiger partial charge in [-0.3, -0.25) is 9.48 Å². The molecule has 144 valence electrons. The van der Waals surface area contributed by atoms with Crippen LogP contribution in [0.1, 0.15) is 58.3 Å². The Morgan fingerprint density at radius 3 is 2.31 bits per heavy atom. The predicted molar refractivity (Wildman–Crippen MR) is 103 cm³/mol. The van der Waals surface area contributed by atoms with Crippen LogP contribution >= 0.6 is 0 Å². The van der Waals surface area contributed by atoms with Crippen LogP contribution in [0, 0.1) is 11.3 Å². The fourth-order valence-electron chi connectivity index (χ4n) is 5.55. The van der Waals surface area contributed by atoms with E-state index in [1.165, 1.54) is 64.5 Å². The normalized spacial score (nSPS) is 25.7. The molecule has 0 aromatic carbocycles. The Balaban J connectivity index is 1.21. The lowest BCUT2D eigenvalue weighted by Gasteiger charge is -2.48. The highest BCUT2D eigenvalue weighted by Crippen LogP contribution is 2.46. The maximum absolute atomic E-state index is 11.6. The van der Waals surface area contributed by atoms with Gasteiger partial charge in [-0.1, -0.05) is 0 Å². The first-order valence-electron chi connectivity index (χ1n) is 10.6. The minimum Gasteiger partial charge on any atom is -0.343 e. The van der Waals surface area contributed by atoms with Crippen LogP contribution in [0.15, 0.2) is 18.5 Å². The van der Waals surface area contributed by atoms with Gasteiger partial charge in [0.15, 0.2) is 0 Å². The van der Waals surface area contributed by atoms with Crippen LogP contribution in [0.4, 0.5) is 0 Å². The average Bonchev–Trinajstić information content (AvgIpc) is 3.17. The number of hydrogen-bond acceptors (Lipinski definition) is 3. The minimum absolute atomic E-state index is 0.256. The van der Waals surface area contributed by atoms with E-state index < -0.39 is 0 Å². The van der Waals surface area contributed by atoms with E-state index >= 15 is 0 Å². The number of amides is 1. The number of carbonyl (C=O) groups excluding carboxylic acids is 1. The lowest BCUT2D eigenvalue weighted by Crippen LogP contribution is -2.48. The highest BCUT2D eigenvalue weighted by molar-refractivity contribution is 5.73. The Labute approximate surface area is 157 Å². The molecule has 0 unspecified atom stereocenters. The Hall–Kier alpha value is -1.36. The zero-order valence-corrected chi connectivity index (χ0v) is 16.3. The van der Waals surface area contributed by atoms with Gasteiger partial charge in [0.25, 0.3) is 0 Å². The van der Waals surface area contributed by atoms with Crippen LogP contribution in [0.5, 0.6) is 0 Å². The molecule has 2 aliphatic heterocycles. The molecule has 3 aliphatic rings. The van der Waals surface area contributed by atoms with Gasteiger partial charge in [-0.2, -0.15) is 5.10 Å². The number of aromatic nitrogens is 2. The number of piperidine rings is 2. The van der Waals surface area contributed by atoms with Crippen molar-refractivity contribution in [3.63, 3.8) is 0 Å². The maximum atomic E-state index is 11.6. The van der Waals surface area contributed by atoms with Gasteiger partial charge in [-0.15, -0.1) is 0 Å². The summed E-state index contributed by atoms with van der Waals surface area (Å²) in [4.78, 5) is 16.4. The molecule has 3 fully saturated rings. The molecule has 0 radical (unpaired) electrons. The summed E-state index contributed by atoms with van der Waals surface area (Å²) in [6, 6.07) is 2.82. The molecule has 1 amide bonds. The second-order valence-corrected chi connectivity index (χ2v) is 8.94. The summed E-state index contributed by atoms with van der Waals surface area (Å²) in [5.41, 5.74) is 0.543. The molecular formula is C21H34N4O. The van der Waals surface area contributed by atoms with E-state index in [0.717, 1.165) is 31.6 Å². The van der Waals surface area contributed by atoms with Gasteiger partial charge < -0.3 is 9.80 Å². The van der Waals surface area contributed by atoms with Crippen LogP contribution in [0.25, 0.3) is 0 Å². The summed E-state index contributed by atoms with van der Waals surface area (Å²) in [6.07, 6.45) is 14.5. The summed E-state index contributed by atoms with van der Waals surface area (Å²) in [6.45, 7) is 7.30. The molecule has 1 aromatic rings. The third-order valence-electron chi connectivity index (χ3n) is 7.46. The maximum Gasteiger partial charge on any atom is 0.219 e. The number of rotatable bonds is 3. The van der Waals surface area contributed by atoms with E-state index in [9.17, 15) is 4.79 Å². The van der Waals surface area contributed by atoms with Crippen LogP contribution in [0.3, 0.4) is 0 Å². The third-order valence-corrected chi connectivity index (χ3v) is 7.46. The highest BCUT2D eigenvalue weighted by Gasteiger charge is 2.40. The molecule has 1 aliphatic carbocycles. The average molecular weight is 359 g/mol. The predicted octanol–water partition coefficient (Wildman–Crippen LogP) is 3.17. The second kappa shape index (κ2) is 7.71. The number of carbonyl (C=O) groups is 1. The van der Waals surface area contributed by atoms with E-state index in [2.05, 4.69) is 20.9 Å². The van der Waals surface area contributed by atoms with E-state index in [1.807, 2.05) is 17.2 Å². The van der Waals surface area contributed by atoms with E-state index in [4.69, 9.17) is 0 Å². The largest absolute Gasteiger partial charge is 0.343 e. The molecule has 3 heterocycles. The summed E-state index contributed by atoms with van der Waals surface area (Å²) >= 11 is 0. The van der Waals surface area contributed by atoms with E-state index in [-0.39, 0.29) is 5.91 Å². The van der Waals surface area contributed by atoms with Crippen molar-refractivity contribution in [2.75, 3.05) is 26.2 Å². The van der Waals surface area contributed by atoms with Crippen molar-refractivity contribution < 1.29 is 4.79 Å². The molecular weight excluding hydrogens is 324 g/mol. The molecule has 4 rings (SSSR count). The smallest absolute Gasteiger partial charge is 0.219 e. The lowest BCUT2D eigenvalue weighted by atomic mass is 9.66. The SMILES string of the molecule is CC(=O)N1CCC2(CCC(N3CCC(Cn4cccn4)CC3)CC2)CC1. The van der Waals surface area contributed by atoms with Crippen molar-refractivity contribution in [1.29, 1.82) is 0 Å². The summed E-state index contributed by atoms with van der Waals surface area (Å²) < 4.78 is 2.10. The van der Waals surface area contributed by atoms with Crippen molar-refractivity contribution in [2.45, 2.75) is 70.9 Å². The summed E-state index contributed by atoms with van der Waals surface area (Å²) in [5, 5.41) is 4.36. The zero-order valence-electron chi connectivity index (χ0n) is 16.3. The first-order chi connectivity index (χ1) is 12.6. The third kappa shape index (κ3) is 3.98. The van der Waals surface area contributed by atoms with Crippen molar-refractivity contribution in [1.82, 2.24) is 19.6 Å². The molecule has 1 spiro atoms. The van der Waals surface area contributed by atoms with Gasteiger partial charge in [-0.05, 0) is 81.9 Å². The highest BCUT2D eigenvalue weighted by atomic mass is 16.2. The van der Waals surface area contributed by atoms with E-state index in [1.54, 1.807) is 6.92 Å². The van der Waals surface area contributed by atoms with Gasteiger partial charge >= 0.3 is 0 Å². The number of hydrogen-bond donors (Lipinski definition) is 0. The van der Waals surface area contributed by atoms with Crippen LogP contribution in [-0.2, 0) is 11.3 Å². The Kier molecular flexibility index (Phi) is 5.35. The molecule has 5 heteroatoms. The second-order valence-electron chi connectivity index (χ2n) is 8.94. The van der Waals surface area contributed by atoms with Crippen molar-refractivity contribution >= 4 is 5.91 Å². The molecule has 1 aromatic heterocycles. The molecule has 0 atom stereocenters. The van der Waals surface area contributed by atoms with Crippen LogP contribution in [0.2, 0.25) is 0 Å². The monoisotopic (exact) mass is 358 g/mol. The van der Waals surface area contributed by atoms with Crippen molar-refractivity contribution in [3.05, 3.63) is 18.5 Å². The Morgan fingerprint density at radius 2 is 1.73 bits per heavy atom. The first kappa shape index (κ1) is 18.0. The molecule has 5 nitrogen and oxygen atoms in total. The fourth-order valence-corrected chi connectivity index (χ4v) is 5.55. The fraction of sp³-hybridized carbons (Fsp3) is 0.810. The van der Waals surface area contributed by atoms with Crippen LogP contribution < -0.4 is 0 Å². The minimum atomic E-state index is 0.256. The topological polar surface area (TPSA) is 41.4 Å². The van der Waals surface area contributed by atoms with Crippen LogP contribution in [-0.4, -0.2) is 57.7 Å². The molecule has 2 saturated heterocycles. The Morgan fingerprint density at radius 1 is 1.04 bits per heavy atom. The first-order valence-corrected chi connectivity index (χ1v) is 10.6. The van der Waals surface area contributed by atoms with Gasteiger partial charge in [-0.25, -0.2) is 0 Å². The quantitative estimate of drug-likeness (QED) is 0.833. The van der Waals surface area contributed by atoms with Gasteiger partial charge in [0.2, 0.25) is 5.91 Å². The zero-order chi connectivity index (χ0) is 18.0. The summed E-state index contributed by atoms with van der Waals surface area (Å²) in [5.74, 6) is 1.04. The number of likely N-dealkylation sites (tertiary alicyclic amines) is 2. The molecule has 0 bridgehead atoms. The summed E-state index contributed by atoms with van der Waals surface area (Å²) in [7, 11) is 0. The van der Waals surface area contributed by atoms with Gasteiger partial charge in [0, 0.05) is 45.0 Å². The standard InChI is InChI=1S/C21H34N4O/c1-18(26)23-15-9-21(10-16-23)7-3-20(4-8-21)24-13-5-19(6-14-24)17-25-12-2-11-22-25/h2,11-12,19-20H,3-10,13-17H2,1H3. The lowest BCUT2D eigenvalue weighted by molar-refractivity contribution is -0.131.